The highest BCUT2D eigenvalue weighted by molar-refractivity contribution is 5.75. The van der Waals surface area contributed by atoms with Crippen molar-refractivity contribution in [3.8, 4) is 22.6 Å². The van der Waals surface area contributed by atoms with Crippen LogP contribution in [0.3, 0.4) is 0 Å². The number of hydrogen-bond acceptors (Lipinski definition) is 3. The second-order valence-electron chi connectivity index (χ2n) is 8.10. The topological polar surface area (TPSA) is 46.5 Å². The van der Waals surface area contributed by atoms with E-state index >= 15 is 0 Å². The zero-order valence-corrected chi connectivity index (χ0v) is 17.4. The van der Waals surface area contributed by atoms with Crippen molar-refractivity contribution in [1.82, 2.24) is 0 Å². The lowest BCUT2D eigenvalue weighted by molar-refractivity contribution is -0.108. The first-order valence-electron chi connectivity index (χ1n) is 10.2. The minimum atomic E-state index is 0.243. The quantitative estimate of drug-likeness (QED) is 0.493. The number of aryl methyl sites for hydroxylation is 2. The highest BCUT2D eigenvalue weighted by atomic mass is 16.5. The van der Waals surface area contributed by atoms with Crippen LogP contribution in [0.4, 0.5) is 0 Å². The first kappa shape index (κ1) is 20.0. The van der Waals surface area contributed by atoms with Crippen molar-refractivity contribution in [3.05, 3.63) is 89.0 Å². The van der Waals surface area contributed by atoms with E-state index in [1.807, 2.05) is 32.0 Å². The zero-order valence-electron chi connectivity index (χ0n) is 17.4. The van der Waals surface area contributed by atoms with Crippen LogP contribution in [-0.2, 0) is 11.4 Å². The summed E-state index contributed by atoms with van der Waals surface area (Å²) < 4.78 is 6.08. The molecule has 4 rings (SSSR count). The number of aromatic hydroxyl groups is 1. The average Bonchev–Trinajstić information content (AvgIpc) is 3.01. The van der Waals surface area contributed by atoms with Gasteiger partial charge in [0.2, 0.25) is 0 Å². The van der Waals surface area contributed by atoms with E-state index in [2.05, 4.69) is 30.8 Å². The highest BCUT2D eigenvalue weighted by Gasteiger charge is 2.25. The number of allylic oxidation sites excluding steroid dienone is 1. The van der Waals surface area contributed by atoms with E-state index in [0.717, 1.165) is 57.4 Å². The first-order chi connectivity index (χ1) is 14.5. The van der Waals surface area contributed by atoms with Crippen molar-refractivity contribution in [2.75, 3.05) is 0 Å². The van der Waals surface area contributed by atoms with Crippen molar-refractivity contribution in [3.63, 3.8) is 0 Å². The molecule has 0 radical (unpaired) electrons. The van der Waals surface area contributed by atoms with Crippen LogP contribution in [0.15, 0.2) is 61.2 Å². The standard InChI is InChI=1S/C27H26O3/c1-17-11-21(9-10-28)25-8-7-24(15-26(17)25)30-16-20-5-4-6-22(14-20)27-18(2)12-23(29)13-19(27)3/h4-8,10,12-15,21,29H,1,9,11,16H2,2-3H3. The molecule has 0 bridgehead atoms. The Labute approximate surface area is 177 Å². The number of benzene rings is 3. The molecule has 1 unspecified atom stereocenters. The number of ether oxygens (including phenoxy) is 1. The third-order valence-electron chi connectivity index (χ3n) is 5.86. The molecule has 1 aliphatic carbocycles. The maximum absolute atomic E-state index is 10.9. The number of fused-ring (bicyclic) bond motifs is 1. The fraction of sp³-hybridized carbons (Fsp3) is 0.222. The molecular weight excluding hydrogens is 372 g/mol. The molecule has 0 fully saturated rings. The lowest BCUT2D eigenvalue weighted by atomic mass is 9.94. The Bertz CT molecular complexity index is 1100. The molecule has 3 heteroatoms. The Hall–Kier alpha value is -3.33. The lowest BCUT2D eigenvalue weighted by Crippen LogP contribution is -1.98. The number of carbonyl (C=O) groups excluding carboxylic acids is 1. The van der Waals surface area contributed by atoms with Gasteiger partial charge in [-0.05, 0) is 101 Å². The molecule has 0 amide bonds. The van der Waals surface area contributed by atoms with Gasteiger partial charge in [-0.25, -0.2) is 0 Å². The Kier molecular flexibility index (Phi) is 5.45. The Morgan fingerprint density at radius 1 is 1.10 bits per heavy atom. The van der Waals surface area contributed by atoms with E-state index in [1.54, 1.807) is 12.1 Å². The van der Waals surface area contributed by atoms with Gasteiger partial charge in [0.15, 0.2) is 0 Å². The van der Waals surface area contributed by atoms with Crippen LogP contribution in [-0.4, -0.2) is 11.4 Å². The van der Waals surface area contributed by atoms with Gasteiger partial charge in [-0.15, -0.1) is 0 Å². The number of phenols is 1. The SMILES string of the molecule is C=C1CC(CC=O)c2ccc(OCc3cccc(-c4c(C)cc(O)cc4C)c3)cc21. The summed E-state index contributed by atoms with van der Waals surface area (Å²) in [7, 11) is 0. The number of carbonyl (C=O) groups is 1. The Balaban J connectivity index is 1.53. The molecular formula is C27H26O3. The number of aldehydes is 1. The van der Waals surface area contributed by atoms with Crippen molar-refractivity contribution in [1.29, 1.82) is 0 Å². The van der Waals surface area contributed by atoms with E-state index in [-0.39, 0.29) is 5.92 Å². The van der Waals surface area contributed by atoms with Crippen LogP contribution < -0.4 is 4.74 Å². The molecule has 0 saturated carbocycles. The molecule has 152 valence electrons. The van der Waals surface area contributed by atoms with Gasteiger partial charge in [-0.1, -0.05) is 30.8 Å². The minimum Gasteiger partial charge on any atom is -0.508 e. The van der Waals surface area contributed by atoms with E-state index in [1.165, 1.54) is 5.56 Å². The summed E-state index contributed by atoms with van der Waals surface area (Å²) in [6.07, 6.45) is 2.36. The summed E-state index contributed by atoms with van der Waals surface area (Å²) in [5.74, 6) is 1.35. The first-order valence-corrected chi connectivity index (χ1v) is 10.2. The number of hydrogen-bond donors (Lipinski definition) is 1. The fourth-order valence-corrected chi connectivity index (χ4v) is 4.51. The van der Waals surface area contributed by atoms with Crippen molar-refractivity contribution >= 4 is 11.9 Å². The number of rotatable bonds is 6. The monoisotopic (exact) mass is 398 g/mol. The fourth-order valence-electron chi connectivity index (χ4n) is 4.51. The van der Waals surface area contributed by atoms with Gasteiger partial charge in [-0.3, -0.25) is 0 Å². The predicted octanol–water partition coefficient (Wildman–Crippen LogP) is 6.34. The summed E-state index contributed by atoms with van der Waals surface area (Å²) >= 11 is 0. The van der Waals surface area contributed by atoms with Crippen LogP contribution in [0.2, 0.25) is 0 Å². The van der Waals surface area contributed by atoms with E-state index in [0.29, 0.717) is 18.8 Å². The summed E-state index contributed by atoms with van der Waals surface area (Å²) in [6.45, 7) is 8.66. The third-order valence-corrected chi connectivity index (χ3v) is 5.86. The van der Waals surface area contributed by atoms with Crippen LogP contribution in [0.5, 0.6) is 11.5 Å². The second-order valence-corrected chi connectivity index (χ2v) is 8.10. The second kappa shape index (κ2) is 8.19. The summed E-state index contributed by atoms with van der Waals surface area (Å²) in [5, 5.41) is 9.82. The van der Waals surface area contributed by atoms with Crippen molar-refractivity contribution < 1.29 is 14.6 Å². The van der Waals surface area contributed by atoms with Crippen LogP contribution in [0.1, 0.15) is 46.6 Å². The van der Waals surface area contributed by atoms with E-state index < -0.39 is 0 Å². The Morgan fingerprint density at radius 3 is 2.60 bits per heavy atom. The summed E-state index contributed by atoms with van der Waals surface area (Å²) in [4.78, 5) is 10.9. The molecule has 1 atom stereocenters. The van der Waals surface area contributed by atoms with Gasteiger partial charge in [0.05, 0.1) is 0 Å². The van der Waals surface area contributed by atoms with Gasteiger partial charge in [0.25, 0.3) is 0 Å². The van der Waals surface area contributed by atoms with Gasteiger partial charge in [0, 0.05) is 6.42 Å². The molecule has 1 N–H and O–H groups in total. The lowest BCUT2D eigenvalue weighted by Gasteiger charge is -2.13. The summed E-state index contributed by atoms with van der Waals surface area (Å²) in [5.41, 5.74) is 8.82. The van der Waals surface area contributed by atoms with Crippen molar-refractivity contribution in [2.24, 2.45) is 0 Å². The normalized spacial score (nSPS) is 15.1. The molecule has 3 aromatic rings. The summed E-state index contributed by atoms with van der Waals surface area (Å²) in [6, 6.07) is 18.0. The third kappa shape index (κ3) is 3.88. The molecule has 3 aromatic carbocycles. The average molecular weight is 399 g/mol. The molecule has 1 aliphatic rings. The van der Waals surface area contributed by atoms with Crippen LogP contribution in [0, 0.1) is 13.8 Å². The van der Waals surface area contributed by atoms with E-state index in [4.69, 9.17) is 4.74 Å². The molecule has 3 nitrogen and oxygen atoms in total. The largest absolute Gasteiger partial charge is 0.508 e. The maximum Gasteiger partial charge on any atom is 0.120 e. The van der Waals surface area contributed by atoms with Gasteiger partial charge in [0.1, 0.15) is 24.4 Å². The molecule has 30 heavy (non-hydrogen) atoms. The van der Waals surface area contributed by atoms with E-state index in [9.17, 15) is 9.90 Å². The predicted molar refractivity (Wildman–Crippen MR) is 121 cm³/mol. The van der Waals surface area contributed by atoms with Gasteiger partial charge in [-0.2, -0.15) is 0 Å². The molecule has 0 spiro atoms. The van der Waals surface area contributed by atoms with Crippen LogP contribution >= 0.6 is 0 Å². The molecule has 0 aromatic heterocycles. The van der Waals surface area contributed by atoms with Gasteiger partial charge >= 0.3 is 0 Å². The molecule has 0 aliphatic heterocycles. The van der Waals surface area contributed by atoms with Crippen molar-refractivity contribution in [2.45, 2.75) is 39.2 Å². The zero-order chi connectivity index (χ0) is 21.3. The maximum atomic E-state index is 10.9. The Morgan fingerprint density at radius 2 is 1.87 bits per heavy atom. The molecule has 0 heterocycles. The van der Waals surface area contributed by atoms with Crippen LogP contribution in [0.25, 0.3) is 16.7 Å². The highest BCUT2D eigenvalue weighted by Crippen LogP contribution is 2.43. The smallest absolute Gasteiger partial charge is 0.120 e. The van der Waals surface area contributed by atoms with Gasteiger partial charge < -0.3 is 14.6 Å². The minimum absolute atomic E-state index is 0.243. The molecule has 0 saturated heterocycles. The number of phenolic OH excluding ortho intramolecular Hbond substituents is 1.